The Hall–Kier alpha value is -1.18. The largest absolute Gasteiger partial charge is 0.380 e. The number of hydrogen-bond donors (Lipinski definition) is 2. The summed E-state index contributed by atoms with van der Waals surface area (Å²) in [6.45, 7) is 4.27. The summed E-state index contributed by atoms with van der Waals surface area (Å²) in [6, 6.07) is 0.779. The first-order valence-electron chi connectivity index (χ1n) is 5.24. The van der Waals surface area contributed by atoms with E-state index in [1.165, 1.54) is 12.3 Å². The van der Waals surface area contributed by atoms with Crippen LogP contribution >= 0.6 is 0 Å². The lowest BCUT2D eigenvalue weighted by Crippen LogP contribution is -2.37. The number of H-pyrrole nitrogens is 1. The van der Waals surface area contributed by atoms with Gasteiger partial charge < -0.3 is 9.72 Å². The second-order valence-electron chi connectivity index (χ2n) is 3.55. The summed E-state index contributed by atoms with van der Waals surface area (Å²) < 4.78 is 31.1. The minimum atomic E-state index is -3.79. The molecule has 0 aliphatic carbocycles. The maximum atomic E-state index is 11.8. The highest BCUT2D eigenvalue weighted by atomic mass is 32.2. The van der Waals surface area contributed by atoms with Gasteiger partial charge in [0.25, 0.3) is 0 Å². The Balaban J connectivity index is 2.83. The molecular formula is C10H16N2O4S. The van der Waals surface area contributed by atoms with Gasteiger partial charge >= 0.3 is 0 Å². The van der Waals surface area contributed by atoms with E-state index in [0.29, 0.717) is 6.61 Å². The van der Waals surface area contributed by atoms with Crippen molar-refractivity contribution >= 4 is 10.0 Å². The van der Waals surface area contributed by atoms with Crippen molar-refractivity contribution in [1.29, 1.82) is 0 Å². The van der Waals surface area contributed by atoms with Crippen LogP contribution in [0, 0.1) is 0 Å². The molecule has 2 N–H and O–H groups in total. The SMILES string of the molecule is CCOCC(C)NS(=O)(=O)c1c[nH]ccc1=O. The average Bonchev–Trinajstić information content (AvgIpc) is 2.26. The van der Waals surface area contributed by atoms with Crippen molar-refractivity contribution < 1.29 is 13.2 Å². The van der Waals surface area contributed by atoms with Crippen molar-refractivity contribution in [2.24, 2.45) is 0 Å². The van der Waals surface area contributed by atoms with Gasteiger partial charge in [-0.05, 0) is 13.8 Å². The molecule has 0 aromatic carbocycles. The minimum absolute atomic E-state index is 0.264. The molecule has 6 nitrogen and oxygen atoms in total. The van der Waals surface area contributed by atoms with Gasteiger partial charge in [-0.1, -0.05) is 0 Å². The zero-order valence-corrected chi connectivity index (χ0v) is 10.6. The Morgan fingerprint density at radius 1 is 1.53 bits per heavy atom. The maximum absolute atomic E-state index is 11.8. The third-order valence-corrected chi connectivity index (χ3v) is 3.62. The topological polar surface area (TPSA) is 88.3 Å². The number of nitrogens with one attached hydrogen (secondary N) is 2. The van der Waals surface area contributed by atoms with Crippen LogP contribution in [0.4, 0.5) is 0 Å². The van der Waals surface area contributed by atoms with E-state index < -0.39 is 15.5 Å². The number of aromatic nitrogens is 1. The second-order valence-corrected chi connectivity index (χ2v) is 5.24. The molecule has 0 fully saturated rings. The highest BCUT2D eigenvalue weighted by Crippen LogP contribution is 2.01. The third-order valence-electron chi connectivity index (χ3n) is 2.01. The predicted molar refractivity (Wildman–Crippen MR) is 63.3 cm³/mol. The van der Waals surface area contributed by atoms with Gasteiger partial charge in [-0.2, -0.15) is 0 Å². The number of hydrogen-bond acceptors (Lipinski definition) is 4. The standard InChI is InChI=1S/C10H16N2O4S/c1-3-16-7-8(2)12-17(14,15)10-6-11-5-4-9(10)13/h4-6,8,12H,3,7H2,1-2H3,(H,11,13). The lowest BCUT2D eigenvalue weighted by atomic mass is 10.4. The van der Waals surface area contributed by atoms with Gasteiger partial charge in [-0.15, -0.1) is 0 Å². The van der Waals surface area contributed by atoms with E-state index in [-0.39, 0.29) is 17.5 Å². The van der Waals surface area contributed by atoms with Gasteiger partial charge in [0, 0.05) is 31.1 Å². The van der Waals surface area contributed by atoms with Crippen LogP contribution in [-0.4, -0.2) is 32.7 Å². The van der Waals surface area contributed by atoms with Gasteiger partial charge in [0.15, 0.2) is 0 Å². The molecule has 0 radical (unpaired) electrons. The van der Waals surface area contributed by atoms with Crippen LogP contribution in [0.15, 0.2) is 28.2 Å². The van der Waals surface area contributed by atoms with Crippen LogP contribution in [0.1, 0.15) is 13.8 Å². The number of rotatable bonds is 6. The molecule has 0 aliphatic heterocycles. The smallest absolute Gasteiger partial charge is 0.246 e. The van der Waals surface area contributed by atoms with Crippen LogP contribution in [0.2, 0.25) is 0 Å². The highest BCUT2D eigenvalue weighted by Gasteiger charge is 2.20. The monoisotopic (exact) mass is 260 g/mol. The quantitative estimate of drug-likeness (QED) is 0.758. The van der Waals surface area contributed by atoms with Crippen molar-refractivity contribution in [3.63, 3.8) is 0 Å². The van der Waals surface area contributed by atoms with E-state index in [2.05, 4.69) is 9.71 Å². The second kappa shape index (κ2) is 5.95. The Morgan fingerprint density at radius 3 is 2.82 bits per heavy atom. The van der Waals surface area contributed by atoms with Crippen molar-refractivity contribution in [2.75, 3.05) is 13.2 Å². The molecule has 7 heteroatoms. The number of aromatic amines is 1. The van der Waals surface area contributed by atoms with E-state index >= 15 is 0 Å². The molecule has 1 atom stereocenters. The molecule has 0 aliphatic rings. The molecule has 0 bridgehead atoms. The fourth-order valence-electron chi connectivity index (χ4n) is 1.27. The van der Waals surface area contributed by atoms with E-state index in [0.717, 1.165) is 6.20 Å². The Bertz CT molecular complexity index is 509. The van der Waals surface area contributed by atoms with Crippen LogP contribution in [0.3, 0.4) is 0 Å². The minimum Gasteiger partial charge on any atom is -0.380 e. The van der Waals surface area contributed by atoms with Gasteiger partial charge in [0.05, 0.1) is 6.61 Å². The van der Waals surface area contributed by atoms with Gasteiger partial charge in [-0.25, -0.2) is 13.1 Å². The fraction of sp³-hybridized carbons (Fsp3) is 0.500. The van der Waals surface area contributed by atoms with Crippen LogP contribution in [-0.2, 0) is 14.8 Å². The number of ether oxygens (including phenoxy) is 1. The molecule has 1 unspecified atom stereocenters. The summed E-state index contributed by atoms with van der Waals surface area (Å²) in [4.78, 5) is 13.7. The van der Waals surface area contributed by atoms with Crippen molar-refractivity contribution in [2.45, 2.75) is 24.8 Å². The lowest BCUT2D eigenvalue weighted by Gasteiger charge is -2.13. The molecule has 1 aromatic rings. The van der Waals surface area contributed by atoms with E-state index in [1.54, 1.807) is 6.92 Å². The summed E-state index contributed by atoms with van der Waals surface area (Å²) >= 11 is 0. The normalized spacial score (nSPS) is 13.5. The molecule has 17 heavy (non-hydrogen) atoms. The van der Waals surface area contributed by atoms with Gasteiger partial charge in [0.2, 0.25) is 15.5 Å². The average molecular weight is 260 g/mol. The molecule has 0 spiro atoms. The predicted octanol–water partition coefficient (Wildman–Crippen LogP) is 0.0782. The van der Waals surface area contributed by atoms with Gasteiger partial charge in [0.1, 0.15) is 4.90 Å². The summed E-state index contributed by atoms with van der Waals surface area (Å²) in [5, 5.41) is 0. The Morgan fingerprint density at radius 2 is 2.24 bits per heavy atom. The summed E-state index contributed by atoms with van der Waals surface area (Å²) in [5.74, 6) is 0. The number of sulfonamides is 1. The van der Waals surface area contributed by atoms with Crippen LogP contribution in [0.5, 0.6) is 0 Å². The lowest BCUT2D eigenvalue weighted by molar-refractivity contribution is 0.133. The summed E-state index contributed by atoms with van der Waals surface area (Å²) in [5.41, 5.74) is -0.542. The van der Waals surface area contributed by atoms with Crippen LogP contribution in [0.25, 0.3) is 0 Å². The van der Waals surface area contributed by atoms with Crippen molar-refractivity contribution in [1.82, 2.24) is 9.71 Å². The zero-order chi connectivity index (χ0) is 12.9. The van der Waals surface area contributed by atoms with E-state index in [1.807, 2.05) is 6.92 Å². The molecule has 1 rings (SSSR count). The first-order chi connectivity index (χ1) is 7.97. The third kappa shape index (κ3) is 3.95. The highest BCUT2D eigenvalue weighted by molar-refractivity contribution is 7.89. The van der Waals surface area contributed by atoms with Crippen molar-refractivity contribution in [3.8, 4) is 0 Å². The first-order valence-corrected chi connectivity index (χ1v) is 6.73. The number of pyridine rings is 1. The fourth-order valence-corrected chi connectivity index (χ4v) is 2.55. The summed E-state index contributed by atoms with van der Waals surface area (Å²) in [6.07, 6.45) is 2.54. The molecule has 96 valence electrons. The van der Waals surface area contributed by atoms with E-state index in [9.17, 15) is 13.2 Å². The maximum Gasteiger partial charge on any atom is 0.246 e. The molecule has 0 amide bonds. The Labute approximate surface area is 100 Å². The molecule has 0 saturated heterocycles. The molecular weight excluding hydrogens is 244 g/mol. The van der Waals surface area contributed by atoms with Crippen LogP contribution < -0.4 is 10.2 Å². The van der Waals surface area contributed by atoms with Crippen molar-refractivity contribution in [3.05, 3.63) is 28.7 Å². The first kappa shape index (κ1) is 13.9. The molecule has 1 heterocycles. The zero-order valence-electron chi connectivity index (χ0n) is 9.76. The Kier molecular flexibility index (Phi) is 4.86. The summed E-state index contributed by atoms with van der Waals surface area (Å²) in [7, 11) is -3.79. The van der Waals surface area contributed by atoms with E-state index in [4.69, 9.17) is 4.74 Å². The molecule has 1 aromatic heterocycles. The van der Waals surface area contributed by atoms with Gasteiger partial charge in [-0.3, -0.25) is 4.79 Å². The molecule has 0 saturated carbocycles.